The van der Waals surface area contributed by atoms with Crippen LogP contribution in [-0.4, -0.2) is 12.5 Å². The summed E-state index contributed by atoms with van der Waals surface area (Å²) in [4.78, 5) is 12.1. The Morgan fingerprint density at radius 1 is 1.03 bits per heavy atom. The van der Waals surface area contributed by atoms with Crippen molar-refractivity contribution in [3.63, 3.8) is 0 Å². The van der Waals surface area contributed by atoms with Gasteiger partial charge in [-0.3, -0.25) is 4.79 Å². The Hall–Kier alpha value is -3.73. The maximum absolute atomic E-state index is 12.1. The van der Waals surface area contributed by atoms with Gasteiger partial charge in [0.05, 0.1) is 18.0 Å². The highest BCUT2D eigenvalue weighted by Gasteiger charge is 2.02. The van der Waals surface area contributed by atoms with Gasteiger partial charge in [-0.25, -0.2) is 0 Å². The SMILES string of the molecule is CCOc1cccc(NCc2cccc(/C=C/C(=O)Nc3ccccc3N)c2)c1. The van der Waals surface area contributed by atoms with Gasteiger partial charge in [-0.15, -0.1) is 0 Å². The van der Waals surface area contributed by atoms with Gasteiger partial charge in [0.2, 0.25) is 5.91 Å². The highest BCUT2D eigenvalue weighted by molar-refractivity contribution is 6.03. The highest BCUT2D eigenvalue weighted by Crippen LogP contribution is 2.19. The quantitative estimate of drug-likeness (QED) is 0.378. The van der Waals surface area contributed by atoms with Crippen molar-refractivity contribution in [3.05, 3.63) is 90.0 Å². The number of nitrogens with one attached hydrogen (secondary N) is 2. The van der Waals surface area contributed by atoms with E-state index in [1.807, 2.05) is 67.6 Å². The third-order valence-corrected chi connectivity index (χ3v) is 4.24. The summed E-state index contributed by atoms with van der Waals surface area (Å²) < 4.78 is 5.53. The maximum atomic E-state index is 12.1. The monoisotopic (exact) mass is 387 g/mol. The Bertz CT molecular complexity index is 999. The van der Waals surface area contributed by atoms with Crippen molar-refractivity contribution in [1.82, 2.24) is 0 Å². The Morgan fingerprint density at radius 3 is 2.69 bits per heavy atom. The molecule has 0 aliphatic heterocycles. The van der Waals surface area contributed by atoms with E-state index in [0.29, 0.717) is 24.5 Å². The van der Waals surface area contributed by atoms with Gasteiger partial charge in [0.1, 0.15) is 5.75 Å². The molecular weight excluding hydrogens is 362 g/mol. The fourth-order valence-electron chi connectivity index (χ4n) is 2.83. The summed E-state index contributed by atoms with van der Waals surface area (Å²) in [6, 6.07) is 23.1. The zero-order valence-corrected chi connectivity index (χ0v) is 16.4. The molecule has 0 atom stereocenters. The van der Waals surface area contributed by atoms with Crippen molar-refractivity contribution in [3.8, 4) is 5.75 Å². The van der Waals surface area contributed by atoms with E-state index in [9.17, 15) is 4.79 Å². The number of nitrogens with two attached hydrogens (primary N) is 1. The first kappa shape index (κ1) is 20.0. The molecule has 148 valence electrons. The molecule has 0 radical (unpaired) electrons. The molecule has 0 saturated heterocycles. The van der Waals surface area contributed by atoms with E-state index < -0.39 is 0 Å². The minimum Gasteiger partial charge on any atom is -0.494 e. The van der Waals surface area contributed by atoms with Crippen LogP contribution in [0.5, 0.6) is 5.75 Å². The number of anilines is 3. The first-order valence-electron chi connectivity index (χ1n) is 9.53. The van der Waals surface area contributed by atoms with Crippen molar-refractivity contribution in [2.75, 3.05) is 23.0 Å². The Balaban J connectivity index is 1.59. The Kier molecular flexibility index (Phi) is 6.90. The summed E-state index contributed by atoms with van der Waals surface area (Å²) in [6.07, 6.45) is 3.29. The van der Waals surface area contributed by atoms with Gasteiger partial charge in [0.15, 0.2) is 0 Å². The van der Waals surface area contributed by atoms with E-state index in [2.05, 4.69) is 10.6 Å². The minimum absolute atomic E-state index is 0.223. The average molecular weight is 387 g/mol. The number of para-hydroxylation sites is 2. The molecule has 29 heavy (non-hydrogen) atoms. The van der Waals surface area contributed by atoms with E-state index in [-0.39, 0.29) is 5.91 Å². The standard InChI is InChI=1S/C24H25N3O2/c1-2-29-21-10-6-9-20(16-21)26-17-19-8-5-7-18(15-19)13-14-24(28)27-23-12-4-3-11-22(23)25/h3-16,26H,2,17,25H2,1H3,(H,27,28)/b14-13+. The van der Waals surface area contributed by atoms with Crippen LogP contribution in [0.25, 0.3) is 6.08 Å². The zero-order valence-electron chi connectivity index (χ0n) is 16.4. The van der Waals surface area contributed by atoms with Gasteiger partial charge in [-0.1, -0.05) is 36.4 Å². The summed E-state index contributed by atoms with van der Waals surface area (Å²) in [7, 11) is 0. The fraction of sp³-hybridized carbons (Fsp3) is 0.125. The van der Waals surface area contributed by atoms with Crippen molar-refractivity contribution < 1.29 is 9.53 Å². The number of carbonyl (C=O) groups is 1. The van der Waals surface area contributed by atoms with Gasteiger partial charge in [0.25, 0.3) is 0 Å². The summed E-state index contributed by atoms with van der Waals surface area (Å²) in [5.41, 5.74) is 10.1. The van der Waals surface area contributed by atoms with Crippen LogP contribution in [0.4, 0.5) is 17.1 Å². The molecule has 0 fully saturated rings. The molecule has 3 rings (SSSR count). The molecular formula is C24H25N3O2. The molecule has 0 saturated carbocycles. The largest absolute Gasteiger partial charge is 0.494 e. The molecule has 0 aliphatic carbocycles. The number of carbonyl (C=O) groups excluding carboxylic acids is 1. The number of ether oxygens (including phenoxy) is 1. The minimum atomic E-state index is -0.223. The lowest BCUT2D eigenvalue weighted by Crippen LogP contribution is -2.09. The predicted octanol–water partition coefficient (Wildman–Crippen LogP) is 4.93. The number of hydrogen-bond donors (Lipinski definition) is 3. The van der Waals surface area contributed by atoms with Crippen LogP contribution < -0.4 is 21.1 Å². The summed E-state index contributed by atoms with van der Waals surface area (Å²) >= 11 is 0. The van der Waals surface area contributed by atoms with Crippen LogP contribution in [0.15, 0.2) is 78.9 Å². The molecule has 0 spiro atoms. The number of rotatable bonds is 8. The van der Waals surface area contributed by atoms with Crippen LogP contribution in [0.1, 0.15) is 18.1 Å². The maximum Gasteiger partial charge on any atom is 0.248 e. The fourth-order valence-corrected chi connectivity index (χ4v) is 2.83. The first-order chi connectivity index (χ1) is 14.1. The summed E-state index contributed by atoms with van der Waals surface area (Å²) in [5.74, 6) is 0.624. The molecule has 0 aromatic heterocycles. The van der Waals surface area contributed by atoms with E-state index in [1.165, 1.54) is 6.08 Å². The Labute approximate surface area is 171 Å². The number of nitrogen functional groups attached to an aromatic ring is 1. The number of hydrogen-bond acceptors (Lipinski definition) is 4. The Morgan fingerprint density at radius 2 is 1.86 bits per heavy atom. The molecule has 1 amide bonds. The van der Waals surface area contributed by atoms with E-state index in [1.54, 1.807) is 18.2 Å². The lowest BCUT2D eigenvalue weighted by atomic mass is 10.1. The second-order valence-electron chi connectivity index (χ2n) is 6.47. The second-order valence-corrected chi connectivity index (χ2v) is 6.47. The van der Waals surface area contributed by atoms with E-state index in [4.69, 9.17) is 10.5 Å². The third-order valence-electron chi connectivity index (χ3n) is 4.24. The van der Waals surface area contributed by atoms with Gasteiger partial charge < -0.3 is 21.1 Å². The topological polar surface area (TPSA) is 76.4 Å². The lowest BCUT2D eigenvalue weighted by Gasteiger charge is -2.09. The highest BCUT2D eigenvalue weighted by atomic mass is 16.5. The molecule has 0 unspecified atom stereocenters. The van der Waals surface area contributed by atoms with E-state index in [0.717, 1.165) is 22.6 Å². The van der Waals surface area contributed by atoms with Gasteiger partial charge in [-0.05, 0) is 54.5 Å². The van der Waals surface area contributed by atoms with Crippen LogP contribution in [0.3, 0.4) is 0 Å². The van der Waals surface area contributed by atoms with Crippen molar-refractivity contribution in [1.29, 1.82) is 0 Å². The van der Waals surface area contributed by atoms with Crippen molar-refractivity contribution in [2.45, 2.75) is 13.5 Å². The molecule has 5 nitrogen and oxygen atoms in total. The zero-order chi connectivity index (χ0) is 20.5. The van der Waals surface area contributed by atoms with Crippen LogP contribution >= 0.6 is 0 Å². The molecule has 3 aromatic rings. The predicted molar refractivity (Wildman–Crippen MR) is 120 cm³/mol. The van der Waals surface area contributed by atoms with Crippen LogP contribution in [0, 0.1) is 0 Å². The van der Waals surface area contributed by atoms with E-state index >= 15 is 0 Å². The van der Waals surface area contributed by atoms with Gasteiger partial charge >= 0.3 is 0 Å². The summed E-state index contributed by atoms with van der Waals surface area (Å²) in [5, 5.41) is 6.18. The average Bonchev–Trinajstić information content (AvgIpc) is 2.73. The third kappa shape index (κ3) is 6.14. The molecule has 3 aromatic carbocycles. The van der Waals surface area contributed by atoms with Gasteiger partial charge in [-0.2, -0.15) is 0 Å². The lowest BCUT2D eigenvalue weighted by molar-refractivity contribution is -0.111. The van der Waals surface area contributed by atoms with Crippen molar-refractivity contribution in [2.24, 2.45) is 0 Å². The molecule has 0 heterocycles. The number of amides is 1. The molecule has 5 heteroatoms. The summed E-state index contributed by atoms with van der Waals surface area (Å²) in [6.45, 7) is 3.28. The molecule has 0 aliphatic rings. The van der Waals surface area contributed by atoms with Crippen LogP contribution in [-0.2, 0) is 11.3 Å². The van der Waals surface area contributed by atoms with Crippen molar-refractivity contribution >= 4 is 29.0 Å². The molecule has 0 bridgehead atoms. The normalized spacial score (nSPS) is 10.7. The smallest absolute Gasteiger partial charge is 0.248 e. The molecule has 4 N–H and O–H groups in total. The second kappa shape index (κ2) is 9.99. The van der Waals surface area contributed by atoms with Crippen LogP contribution in [0.2, 0.25) is 0 Å². The first-order valence-corrected chi connectivity index (χ1v) is 9.53. The van der Waals surface area contributed by atoms with Gasteiger partial charge in [0, 0.05) is 24.4 Å². The number of benzene rings is 3.